The van der Waals surface area contributed by atoms with Gasteiger partial charge in [-0.25, -0.2) is 4.79 Å². The highest BCUT2D eigenvalue weighted by Crippen LogP contribution is 2.33. The first-order valence-electron chi connectivity index (χ1n) is 15.7. The molecule has 2 aliphatic heterocycles. The van der Waals surface area contributed by atoms with Crippen LogP contribution in [-0.2, 0) is 24.2 Å². The number of amides is 1. The Morgan fingerprint density at radius 1 is 1.07 bits per heavy atom. The van der Waals surface area contributed by atoms with Crippen LogP contribution in [0.5, 0.6) is 6.01 Å². The van der Waals surface area contributed by atoms with E-state index in [4.69, 9.17) is 19.4 Å². The number of fused-ring (bicyclic) bond motifs is 1. The van der Waals surface area contributed by atoms with Gasteiger partial charge in [0.2, 0.25) is 0 Å². The number of hydrogen-bond acceptors (Lipinski definition) is 9. The van der Waals surface area contributed by atoms with Crippen molar-refractivity contribution in [2.45, 2.75) is 96.2 Å². The second-order valence-electron chi connectivity index (χ2n) is 13.3. The van der Waals surface area contributed by atoms with Crippen molar-refractivity contribution in [2.75, 3.05) is 45.2 Å². The lowest BCUT2D eigenvalue weighted by Gasteiger charge is -2.42. The molecule has 1 aromatic carbocycles. The number of benzene rings is 1. The predicted molar refractivity (Wildman–Crippen MR) is 166 cm³/mol. The topological polar surface area (TPSA) is 98.1 Å². The van der Waals surface area contributed by atoms with E-state index in [2.05, 4.69) is 59.1 Å². The van der Waals surface area contributed by atoms with Crippen LogP contribution in [0.4, 0.5) is 10.6 Å². The third-order valence-electron chi connectivity index (χ3n) is 8.73. The normalized spacial score (nSPS) is 23.0. The van der Waals surface area contributed by atoms with Crippen molar-refractivity contribution in [2.24, 2.45) is 0 Å². The van der Waals surface area contributed by atoms with Gasteiger partial charge in [-0.1, -0.05) is 30.3 Å². The lowest BCUT2D eigenvalue weighted by atomic mass is 9.92. The second-order valence-corrected chi connectivity index (χ2v) is 13.3. The molecule has 5 rings (SSSR count). The number of carbonyl (C=O) groups excluding carboxylic acids is 1. The number of nitrogens with zero attached hydrogens (tertiary/aromatic N) is 7. The van der Waals surface area contributed by atoms with Crippen LogP contribution in [0.3, 0.4) is 0 Å². The number of anilines is 1. The fourth-order valence-electron chi connectivity index (χ4n) is 6.45. The lowest BCUT2D eigenvalue weighted by Crippen LogP contribution is -2.56. The van der Waals surface area contributed by atoms with Gasteiger partial charge in [-0.15, -0.1) is 0 Å². The Balaban J connectivity index is 1.39. The SMILES string of the molecule is CN(C)[C@H]1CC[C@H](Oc2nc3c(c(N4CCN(C(=O)OC(C)(C)C)C(CC#N)C4)n2)CCN(Cc2ccccc2)C3)CC1. The van der Waals surface area contributed by atoms with Crippen molar-refractivity contribution < 1.29 is 14.3 Å². The molecule has 2 fully saturated rings. The maximum atomic E-state index is 13.0. The summed E-state index contributed by atoms with van der Waals surface area (Å²) in [6.45, 7) is 9.67. The Labute approximate surface area is 256 Å². The molecular formula is C33H47N7O3. The minimum atomic E-state index is -0.597. The van der Waals surface area contributed by atoms with Gasteiger partial charge in [0.05, 0.1) is 24.2 Å². The van der Waals surface area contributed by atoms with E-state index in [-0.39, 0.29) is 24.7 Å². The fraction of sp³-hybridized carbons (Fsp3) is 0.636. The molecule has 232 valence electrons. The summed E-state index contributed by atoms with van der Waals surface area (Å²) in [5.41, 5.74) is 2.85. The summed E-state index contributed by atoms with van der Waals surface area (Å²) in [6.07, 6.45) is 4.96. The Morgan fingerprint density at radius 3 is 2.49 bits per heavy atom. The van der Waals surface area contributed by atoms with Crippen LogP contribution in [0, 0.1) is 11.3 Å². The van der Waals surface area contributed by atoms with Crippen LogP contribution in [-0.4, -0.2) is 94.8 Å². The number of nitriles is 1. The summed E-state index contributed by atoms with van der Waals surface area (Å²) in [5.74, 6) is 0.883. The van der Waals surface area contributed by atoms with Crippen LogP contribution in [0.1, 0.15) is 69.7 Å². The van der Waals surface area contributed by atoms with E-state index < -0.39 is 5.60 Å². The van der Waals surface area contributed by atoms with Crippen molar-refractivity contribution in [3.8, 4) is 12.1 Å². The van der Waals surface area contributed by atoms with E-state index in [1.165, 1.54) is 5.56 Å². The smallest absolute Gasteiger partial charge is 0.410 e. The first kappa shape index (κ1) is 31.0. The first-order valence-corrected chi connectivity index (χ1v) is 15.7. The van der Waals surface area contributed by atoms with Gasteiger partial charge in [0.25, 0.3) is 0 Å². The van der Waals surface area contributed by atoms with Gasteiger partial charge in [0.1, 0.15) is 17.5 Å². The molecule has 3 aliphatic rings. The van der Waals surface area contributed by atoms with E-state index in [0.717, 1.165) is 68.8 Å². The van der Waals surface area contributed by atoms with E-state index in [9.17, 15) is 10.1 Å². The van der Waals surface area contributed by atoms with Crippen molar-refractivity contribution in [3.63, 3.8) is 0 Å². The molecule has 0 bridgehead atoms. The second kappa shape index (κ2) is 13.5. The molecule has 0 radical (unpaired) electrons. The van der Waals surface area contributed by atoms with Gasteiger partial charge in [-0.05, 0) is 72.5 Å². The molecule has 1 saturated carbocycles. The molecular weight excluding hydrogens is 542 g/mol. The fourth-order valence-corrected chi connectivity index (χ4v) is 6.45. The molecule has 0 N–H and O–H groups in total. The highest BCUT2D eigenvalue weighted by molar-refractivity contribution is 5.69. The molecule has 10 nitrogen and oxygen atoms in total. The summed E-state index contributed by atoms with van der Waals surface area (Å²) in [7, 11) is 4.29. The lowest BCUT2D eigenvalue weighted by molar-refractivity contribution is 0.0144. The molecule has 1 saturated heterocycles. The van der Waals surface area contributed by atoms with Crippen LogP contribution in [0.25, 0.3) is 0 Å². The summed E-state index contributed by atoms with van der Waals surface area (Å²) >= 11 is 0. The molecule has 1 unspecified atom stereocenters. The van der Waals surface area contributed by atoms with Crippen molar-refractivity contribution in [1.82, 2.24) is 24.7 Å². The van der Waals surface area contributed by atoms with Crippen LogP contribution < -0.4 is 9.64 Å². The third kappa shape index (κ3) is 7.95. The zero-order chi connectivity index (χ0) is 30.6. The van der Waals surface area contributed by atoms with Gasteiger partial charge in [-0.3, -0.25) is 4.90 Å². The van der Waals surface area contributed by atoms with Crippen molar-refractivity contribution >= 4 is 11.9 Å². The number of carbonyl (C=O) groups is 1. The van der Waals surface area contributed by atoms with E-state index in [0.29, 0.717) is 31.7 Å². The Morgan fingerprint density at radius 2 is 1.81 bits per heavy atom. The van der Waals surface area contributed by atoms with Gasteiger partial charge in [-0.2, -0.15) is 15.2 Å². The third-order valence-corrected chi connectivity index (χ3v) is 8.73. The number of aromatic nitrogens is 2. The maximum Gasteiger partial charge on any atom is 0.410 e. The molecule has 2 aromatic rings. The minimum absolute atomic E-state index is 0.0986. The first-order chi connectivity index (χ1) is 20.6. The van der Waals surface area contributed by atoms with Crippen molar-refractivity contribution in [1.29, 1.82) is 5.26 Å². The molecule has 1 amide bonds. The highest BCUT2D eigenvalue weighted by atomic mass is 16.6. The van der Waals surface area contributed by atoms with Gasteiger partial charge in [0.15, 0.2) is 0 Å². The molecule has 3 heterocycles. The Bertz CT molecular complexity index is 1280. The zero-order valence-electron chi connectivity index (χ0n) is 26.5. The summed E-state index contributed by atoms with van der Waals surface area (Å²) in [4.78, 5) is 31.7. The highest BCUT2D eigenvalue weighted by Gasteiger charge is 2.36. The van der Waals surface area contributed by atoms with Gasteiger partial charge < -0.3 is 24.2 Å². The average Bonchev–Trinajstić information content (AvgIpc) is 2.96. The average molecular weight is 590 g/mol. The predicted octanol–water partition coefficient (Wildman–Crippen LogP) is 4.63. The largest absolute Gasteiger partial charge is 0.460 e. The van der Waals surface area contributed by atoms with E-state index in [1.54, 1.807) is 4.90 Å². The minimum Gasteiger partial charge on any atom is -0.460 e. The summed E-state index contributed by atoms with van der Waals surface area (Å²) in [6, 6.07) is 13.6. The Hall–Kier alpha value is -3.42. The van der Waals surface area contributed by atoms with Crippen LogP contribution >= 0.6 is 0 Å². The number of piperazine rings is 1. The van der Waals surface area contributed by atoms with Crippen molar-refractivity contribution in [3.05, 3.63) is 47.2 Å². The summed E-state index contributed by atoms with van der Waals surface area (Å²) < 4.78 is 12.2. The molecule has 1 atom stereocenters. The van der Waals surface area contributed by atoms with Crippen LogP contribution in [0.2, 0.25) is 0 Å². The number of hydrogen-bond donors (Lipinski definition) is 0. The van der Waals surface area contributed by atoms with Gasteiger partial charge >= 0.3 is 12.1 Å². The molecule has 1 aromatic heterocycles. The molecule has 10 heteroatoms. The zero-order valence-corrected chi connectivity index (χ0v) is 26.5. The molecule has 1 aliphatic carbocycles. The van der Waals surface area contributed by atoms with E-state index >= 15 is 0 Å². The maximum absolute atomic E-state index is 13.0. The molecule has 0 spiro atoms. The monoisotopic (exact) mass is 589 g/mol. The number of ether oxygens (including phenoxy) is 2. The summed E-state index contributed by atoms with van der Waals surface area (Å²) in [5, 5.41) is 9.63. The quantitative estimate of drug-likeness (QED) is 0.458. The van der Waals surface area contributed by atoms with Crippen LogP contribution in [0.15, 0.2) is 30.3 Å². The Kier molecular flexibility index (Phi) is 9.72. The molecule has 43 heavy (non-hydrogen) atoms. The standard InChI is InChI=1S/C33H47N7O3/c1-33(2,3)43-32(41)40-20-19-39(22-26(40)15-17-34)30-28-16-18-38(21-24-9-7-6-8-10-24)23-29(28)35-31(36-30)42-27-13-11-25(12-14-27)37(4)5/h6-10,25-27H,11-16,18-23H2,1-5H3/t25-,26?,27-. The number of rotatable bonds is 7. The van der Waals surface area contributed by atoms with Gasteiger partial charge in [0, 0.05) is 50.9 Å². The van der Waals surface area contributed by atoms with E-state index in [1.807, 2.05) is 26.8 Å².